The van der Waals surface area contributed by atoms with E-state index in [0.717, 1.165) is 25.4 Å². The molecule has 0 saturated carbocycles. The van der Waals surface area contributed by atoms with Crippen molar-refractivity contribution in [2.45, 2.75) is 26.2 Å². The third-order valence-corrected chi connectivity index (χ3v) is 4.01. The lowest BCUT2D eigenvalue weighted by Gasteiger charge is -2.26. The summed E-state index contributed by atoms with van der Waals surface area (Å²) in [6, 6.07) is 9.12. The van der Waals surface area contributed by atoms with Gasteiger partial charge in [0.15, 0.2) is 0 Å². The number of nitriles is 1. The molecule has 6 heteroatoms. The number of nitrogens with one attached hydrogen (secondary N) is 2. The molecule has 1 aliphatic rings. The van der Waals surface area contributed by atoms with Crippen molar-refractivity contribution in [1.29, 1.82) is 5.26 Å². The van der Waals surface area contributed by atoms with Crippen LogP contribution < -0.4 is 15.4 Å². The maximum atomic E-state index is 11.8. The molecule has 0 aliphatic carbocycles. The molecule has 2 rings (SSSR count). The van der Waals surface area contributed by atoms with Crippen LogP contribution in [0.2, 0.25) is 0 Å². The van der Waals surface area contributed by atoms with E-state index < -0.39 is 0 Å². The van der Waals surface area contributed by atoms with E-state index >= 15 is 0 Å². The van der Waals surface area contributed by atoms with Crippen LogP contribution in [0.3, 0.4) is 0 Å². The van der Waals surface area contributed by atoms with Crippen LogP contribution in [0.1, 0.15) is 26.2 Å². The summed E-state index contributed by atoms with van der Waals surface area (Å²) in [7, 11) is 0. The van der Waals surface area contributed by atoms with E-state index in [9.17, 15) is 4.79 Å². The Balaban J connectivity index is 1.74. The Morgan fingerprint density at radius 1 is 1.38 bits per heavy atom. The third-order valence-electron chi connectivity index (χ3n) is 4.01. The zero-order valence-electron chi connectivity index (χ0n) is 14.3. The van der Waals surface area contributed by atoms with E-state index in [4.69, 9.17) is 10.00 Å². The molecule has 1 heterocycles. The zero-order valence-corrected chi connectivity index (χ0v) is 14.3. The van der Waals surface area contributed by atoms with Crippen molar-refractivity contribution in [3.63, 3.8) is 0 Å². The summed E-state index contributed by atoms with van der Waals surface area (Å²) in [6.07, 6.45) is 3.89. The number of rotatable bonds is 7. The van der Waals surface area contributed by atoms with Gasteiger partial charge in [0.25, 0.3) is 0 Å². The molecule has 130 valence electrons. The molecule has 1 aromatic carbocycles. The van der Waals surface area contributed by atoms with Crippen molar-refractivity contribution in [2.75, 3.05) is 38.1 Å². The lowest BCUT2D eigenvalue weighted by molar-refractivity contribution is 0.183. The van der Waals surface area contributed by atoms with Crippen molar-refractivity contribution < 1.29 is 9.53 Å². The minimum absolute atomic E-state index is 0.208. The molecule has 1 atom stereocenters. The second-order valence-electron chi connectivity index (χ2n) is 6.14. The van der Waals surface area contributed by atoms with Gasteiger partial charge >= 0.3 is 6.03 Å². The van der Waals surface area contributed by atoms with E-state index in [2.05, 4.69) is 21.6 Å². The summed E-state index contributed by atoms with van der Waals surface area (Å²) in [5.41, 5.74) is 0.674. The van der Waals surface area contributed by atoms with E-state index in [-0.39, 0.29) is 11.9 Å². The number of benzene rings is 1. The van der Waals surface area contributed by atoms with Crippen LogP contribution in [-0.4, -0.2) is 43.7 Å². The summed E-state index contributed by atoms with van der Waals surface area (Å²) < 4.78 is 5.79. The second kappa shape index (κ2) is 9.78. The molecule has 0 bridgehead atoms. The predicted molar refractivity (Wildman–Crippen MR) is 94.0 cm³/mol. The molecule has 1 aliphatic heterocycles. The van der Waals surface area contributed by atoms with Gasteiger partial charge < -0.3 is 15.4 Å². The van der Waals surface area contributed by atoms with Gasteiger partial charge in [-0.1, -0.05) is 12.5 Å². The summed E-state index contributed by atoms with van der Waals surface area (Å²) in [5.74, 6) is 0.537. The minimum Gasteiger partial charge on any atom is -0.492 e. The quantitative estimate of drug-likeness (QED) is 0.806. The number of piperidine rings is 1. The fourth-order valence-electron chi connectivity index (χ4n) is 2.61. The summed E-state index contributed by atoms with van der Waals surface area (Å²) in [6.45, 7) is 5.99. The molecule has 24 heavy (non-hydrogen) atoms. The smallest absolute Gasteiger partial charge is 0.319 e. The number of hydrogen-bond donors (Lipinski definition) is 2. The Hall–Kier alpha value is -2.26. The van der Waals surface area contributed by atoms with E-state index in [1.807, 2.05) is 24.3 Å². The number of likely N-dealkylation sites (tertiary alicyclic amines) is 1. The molecular formula is C18H26N4O2. The molecule has 0 radical (unpaired) electrons. The number of ether oxygens (including phenoxy) is 1. The number of carbonyl (C=O) groups is 1. The minimum atomic E-state index is -0.317. The van der Waals surface area contributed by atoms with Crippen molar-refractivity contribution in [3.8, 4) is 11.8 Å². The summed E-state index contributed by atoms with van der Waals surface area (Å²) in [4.78, 5) is 14.2. The highest BCUT2D eigenvalue weighted by atomic mass is 16.5. The Morgan fingerprint density at radius 2 is 2.17 bits per heavy atom. The predicted octanol–water partition coefficient (Wildman–Crippen LogP) is 2.83. The Kier molecular flexibility index (Phi) is 7.37. The standard InChI is InChI=1S/C18H26N4O2/c1-15(13-19)14-20-18(23)21-16-6-5-7-17(12-16)24-11-10-22-8-3-2-4-9-22/h5-7,12,15H,2-4,8-11,14H2,1H3,(H2,20,21,23)/t15-/m1/s1. The van der Waals surface area contributed by atoms with Gasteiger partial charge in [-0.3, -0.25) is 4.90 Å². The fourth-order valence-corrected chi connectivity index (χ4v) is 2.61. The first-order chi connectivity index (χ1) is 11.7. The molecule has 0 spiro atoms. The van der Waals surface area contributed by atoms with Crippen LogP contribution in [0, 0.1) is 17.2 Å². The van der Waals surface area contributed by atoms with Crippen molar-refractivity contribution in [2.24, 2.45) is 5.92 Å². The maximum Gasteiger partial charge on any atom is 0.319 e. The van der Waals surface area contributed by atoms with E-state index in [1.165, 1.54) is 19.3 Å². The first-order valence-corrected chi connectivity index (χ1v) is 8.57. The fraction of sp³-hybridized carbons (Fsp3) is 0.556. The number of carbonyl (C=O) groups excluding carboxylic acids is 1. The van der Waals surface area contributed by atoms with Gasteiger partial charge in [-0.05, 0) is 45.0 Å². The lowest BCUT2D eigenvalue weighted by atomic mass is 10.1. The molecule has 1 saturated heterocycles. The number of anilines is 1. The number of urea groups is 1. The first-order valence-electron chi connectivity index (χ1n) is 8.57. The van der Waals surface area contributed by atoms with Gasteiger partial charge in [-0.2, -0.15) is 5.26 Å². The largest absolute Gasteiger partial charge is 0.492 e. The van der Waals surface area contributed by atoms with Gasteiger partial charge in [-0.15, -0.1) is 0 Å². The van der Waals surface area contributed by atoms with Gasteiger partial charge in [0.2, 0.25) is 0 Å². The van der Waals surface area contributed by atoms with Crippen molar-refractivity contribution in [3.05, 3.63) is 24.3 Å². The highest BCUT2D eigenvalue weighted by molar-refractivity contribution is 5.89. The van der Waals surface area contributed by atoms with E-state index in [1.54, 1.807) is 6.92 Å². The molecular weight excluding hydrogens is 304 g/mol. The van der Waals surface area contributed by atoms with Crippen LogP contribution in [0.5, 0.6) is 5.75 Å². The molecule has 2 N–H and O–H groups in total. The van der Waals surface area contributed by atoms with Crippen molar-refractivity contribution >= 4 is 11.7 Å². The highest BCUT2D eigenvalue weighted by Gasteiger charge is 2.10. The first kappa shape index (κ1) is 18.1. The number of hydrogen-bond acceptors (Lipinski definition) is 4. The highest BCUT2D eigenvalue weighted by Crippen LogP contribution is 2.17. The van der Waals surface area contributed by atoms with Gasteiger partial charge in [0.1, 0.15) is 12.4 Å². The molecule has 0 aromatic heterocycles. The topological polar surface area (TPSA) is 77.4 Å². The van der Waals surface area contributed by atoms with Gasteiger partial charge in [-0.25, -0.2) is 4.79 Å². The van der Waals surface area contributed by atoms with Crippen LogP contribution in [0.25, 0.3) is 0 Å². The zero-order chi connectivity index (χ0) is 17.2. The third kappa shape index (κ3) is 6.47. The molecule has 1 aromatic rings. The second-order valence-corrected chi connectivity index (χ2v) is 6.14. The Morgan fingerprint density at radius 3 is 2.92 bits per heavy atom. The summed E-state index contributed by atoms with van der Waals surface area (Å²) >= 11 is 0. The van der Waals surface area contributed by atoms with E-state index in [0.29, 0.717) is 18.8 Å². The molecule has 1 fully saturated rings. The van der Waals surface area contributed by atoms with Crippen LogP contribution in [-0.2, 0) is 0 Å². The monoisotopic (exact) mass is 330 g/mol. The number of nitrogens with zero attached hydrogens (tertiary/aromatic N) is 2. The van der Waals surface area contributed by atoms with Gasteiger partial charge in [0, 0.05) is 24.8 Å². The van der Waals surface area contributed by atoms with Crippen molar-refractivity contribution in [1.82, 2.24) is 10.2 Å². The SMILES string of the molecule is C[C@H](C#N)CNC(=O)Nc1cccc(OCCN2CCCCC2)c1. The van der Waals surface area contributed by atoms with Gasteiger partial charge in [0.05, 0.1) is 12.0 Å². The maximum absolute atomic E-state index is 11.8. The van der Waals surface area contributed by atoms with Crippen LogP contribution >= 0.6 is 0 Å². The Labute approximate surface area is 143 Å². The van der Waals surface area contributed by atoms with Crippen LogP contribution in [0.15, 0.2) is 24.3 Å². The Bertz CT molecular complexity index is 564. The summed E-state index contributed by atoms with van der Waals surface area (Å²) in [5, 5.41) is 14.1. The molecule has 0 unspecified atom stereocenters. The lowest BCUT2D eigenvalue weighted by Crippen LogP contribution is -2.33. The molecule has 2 amide bonds. The molecule has 6 nitrogen and oxygen atoms in total. The average molecular weight is 330 g/mol. The normalized spacial score (nSPS) is 16.0. The van der Waals surface area contributed by atoms with Crippen LogP contribution in [0.4, 0.5) is 10.5 Å². The average Bonchev–Trinajstić information content (AvgIpc) is 2.61. The number of amides is 2.